The van der Waals surface area contributed by atoms with Crippen molar-refractivity contribution in [3.8, 4) is 11.5 Å². The molecule has 236 valence electrons. The fourth-order valence-corrected chi connectivity index (χ4v) is 7.28. The first kappa shape index (κ1) is 33.2. The summed E-state index contributed by atoms with van der Waals surface area (Å²) < 4.78 is 28.8. The Morgan fingerprint density at radius 2 is 1.56 bits per heavy atom. The van der Waals surface area contributed by atoms with Crippen molar-refractivity contribution >= 4 is 34.2 Å². The van der Waals surface area contributed by atoms with E-state index in [0.717, 1.165) is 57.3 Å². The fourth-order valence-electron chi connectivity index (χ4n) is 6.76. The number of likely N-dealkylation sites (tertiary alicyclic amines) is 1. The van der Waals surface area contributed by atoms with Gasteiger partial charge in [0.1, 0.15) is 23.1 Å². The Labute approximate surface area is 262 Å². The molecule has 3 fully saturated rings. The molecule has 2 amide bonds. The second kappa shape index (κ2) is 14.4. The Morgan fingerprint density at radius 3 is 2.14 bits per heavy atom. The number of ether oxygens (including phenoxy) is 1. The van der Waals surface area contributed by atoms with Gasteiger partial charge in [0, 0.05) is 26.2 Å². The smallest absolute Gasteiger partial charge is 0.246 e. The number of carbonyl (C=O) groups is 2. The summed E-state index contributed by atoms with van der Waals surface area (Å²) in [5.41, 5.74) is 0.380. The van der Waals surface area contributed by atoms with Crippen molar-refractivity contribution in [2.24, 2.45) is 11.1 Å². The van der Waals surface area contributed by atoms with Gasteiger partial charge in [0.25, 0.3) is 0 Å². The van der Waals surface area contributed by atoms with Gasteiger partial charge in [-0.05, 0) is 73.6 Å². The van der Waals surface area contributed by atoms with Gasteiger partial charge in [-0.2, -0.15) is 0 Å². The highest BCUT2D eigenvalue weighted by Crippen LogP contribution is 2.36. The summed E-state index contributed by atoms with van der Waals surface area (Å²) >= 11 is 0. The summed E-state index contributed by atoms with van der Waals surface area (Å²) in [7, 11) is -3.74. The Balaban J connectivity index is 0.00000423. The highest BCUT2D eigenvalue weighted by Gasteiger charge is 2.53. The number of piperidine rings is 1. The molecule has 1 aliphatic carbocycles. The molecule has 1 saturated carbocycles. The van der Waals surface area contributed by atoms with Crippen molar-refractivity contribution in [3.63, 3.8) is 0 Å². The van der Waals surface area contributed by atoms with Gasteiger partial charge in [-0.1, -0.05) is 57.6 Å². The maximum atomic E-state index is 13.8. The highest BCUT2D eigenvalue weighted by atomic mass is 35.5. The number of hydrogen-bond acceptors (Lipinski definition) is 6. The van der Waals surface area contributed by atoms with E-state index in [1.54, 1.807) is 12.1 Å². The average Bonchev–Trinajstić information content (AvgIpc) is 2.98. The van der Waals surface area contributed by atoms with Crippen molar-refractivity contribution in [2.75, 3.05) is 19.6 Å². The lowest BCUT2D eigenvalue weighted by Gasteiger charge is -2.52. The van der Waals surface area contributed by atoms with Crippen molar-refractivity contribution in [3.05, 3.63) is 54.1 Å². The monoisotopic (exact) mass is 632 g/mol. The Bertz CT molecular complexity index is 1340. The number of unbranched alkanes of at least 4 members (excludes halogenated alkanes) is 1. The minimum absolute atomic E-state index is 0. The number of hydrogen-bond donors (Lipinski definition) is 2. The zero-order valence-electron chi connectivity index (χ0n) is 25.0. The van der Waals surface area contributed by atoms with E-state index in [-0.39, 0.29) is 35.2 Å². The van der Waals surface area contributed by atoms with E-state index in [9.17, 15) is 18.0 Å². The number of halogens is 1. The first-order valence-electron chi connectivity index (χ1n) is 15.4. The number of piperazine rings is 1. The van der Waals surface area contributed by atoms with Crippen LogP contribution in [0.4, 0.5) is 0 Å². The van der Waals surface area contributed by atoms with Gasteiger partial charge in [-0.25, -0.2) is 13.6 Å². The zero-order chi connectivity index (χ0) is 29.7. The topological polar surface area (TPSA) is 122 Å². The molecular formula is C32H45ClN4O5S. The molecular weight excluding hydrogens is 588 g/mol. The molecule has 5 rings (SSSR count). The number of nitrogens with two attached hydrogens (primary N) is 1. The van der Waals surface area contributed by atoms with E-state index in [0.29, 0.717) is 36.8 Å². The van der Waals surface area contributed by atoms with Crippen molar-refractivity contribution < 1.29 is 22.7 Å². The van der Waals surface area contributed by atoms with Crippen molar-refractivity contribution in [1.29, 1.82) is 0 Å². The van der Waals surface area contributed by atoms with Crippen LogP contribution in [0, 0.1) is 5.92 Å². The third-order valence-corrected chi connectivity index (χ3v) is 10.2. The molecule has 0 bridgehead atoms. The summed E-state index contributed by atoms with van der Waals surface area (Å²) in [4.78, 5) is 31.8. The number of amides is 2. The Hall–Kier alpha value is -2.66. The molecule has 2 aliphatic heterocycles. The number of rotatable bonds is 10. The molecule has 2 aromatic rings. The number of sulfonamides is 1. The van der Waals surface area contributed by atoms with E-state index in [1.165, 1.54) is 31.4 Å². The van der Waals surface area contributed by atoms with Gasteiger partial charge in [0.05, 0.1) is 4.90 Å². The van der Waals surface area contributed by atoms with Gasteiger partial charge in [0.15, 0.2) is 0 Å². The molecule has 43 heavy (non-hydrogen) atoms. The highest BCUT2D eigenvalue weighted by molar-refractivity contribution is 7.89. The van der Waals surface area contributed by atoms with E-state index in [4.69, 9.17) is 9.88 Å². The van der Waals surface area contributed by atoms with E-state index < -0.39 is 15.6 Å². The van der Waals surface area contributed by atoms with Gasteiger partial charge in [-0.3, -0.25) is 14.5 Å². The lowest BCUT2D eigenvalue weighted by Crippen LogP contribution is -2.73. The van der Waals surface area contributed by atoms with Crippen molar-refractivity contribution in [2.45, 2.75) is 94.2 Å². The Morgan fingerprint density at radius 1 is 0.953 bits per heavy atom. The van der Waals surface area contributed by atoms with Gasteiger partial charge in [0.2, 0.25) is 21.8 Å². The predicted octanol–water partition coefficient (Wildman–Crippen LogP) is 4.98. The molecule has 9 nitrogen and oxygen atoms in total. The molecule has 2 saturated heterocycles. The third kappa shape index (κ3) is 7.90. The minimum atomic E-state index is -3.74. The van der Waals surface area contributed by atoms with Crippen LogP contribution in [0.1, 0.15) is 76.7 Å². The third-order valence-electron chi connectivity index (χ3n) is 9.24. The van der Waals surface area contributed by atoms with Gasteiger partial charge < -0.3 is 15.0 Å². The minimum Gasteiger partial charge on any atom is -0.457 e. The van der Waals surface area contributed by atoms with Crippen LogP contribution in [-0.2, 0) is 26.2 Å². The average molecular weight is 633 g/mol. The van der Waals surface area contributed by atoms with E-state index >= 15 is 0 Å². The second-order valence-electron chi connectivity index (χ2n) is 12.2. The molecule has 3 N–H and O–H groups in total. The quantitative estimate of drug-likeness (QED) is 0.381. The number of nitrogens with zero attached hydrogens (tertiary/aromatic N) is 2. The number of benzene rings is 2. The number of nitrogens with one attached hydrogen (secondary N) is 1. The van der Waals surface area contributed by atoms with Crippen LogP contribution in [0.2, 0.25) is 0 Å². The van der Waals surface area contributed by atoms with Gasteiger partial charge >= 0.3 is 0 Å². The SMILES string of the molecule is CCCCN1C(=O)[C@H](CC2CCCCC2)NC(=O)C12CCN(Cc1ccc(Oc3ccc(S(N)(=O)=O)cc3)cc1)CC2.Cl. The van der Waals surface area contributed by atoms with Crippen LogP contribution in [0.25, 0.3) is 0 Å². The molecule has 2 heterocycles. The molecule has 1 spiro atoms. The molecule has 0 radical (unpaired) electrons. The normalized spacial score (nSPS) is 21.3. The number of carbonyl (C=O) groups excluding carboxylic acids is 2. The molecule has 3 aliphatic rings. The van der Waals surface area contributed by atoms with Crippen LogP contribution in [0.3, 0.4) is 0 Å². The zero-order valence-corrected chi connectivity index (χ0v) is 26.6. The lowest BCUT2D eigenvalue weighted by atomic mass is 9.79. The Kier molecular flexibility index (Phi) is 11.1. The first-order valence-corrected chi connectivity index (χ1v) is 17.0. The molecule has 0 unspecified atom stereocenters. The summed E-state index contributed by atoms with van der Waals surface area (Å²) in [6.07, 6.45) is 10.0. The van der Waals surface area contributed by atoms with Crippen LogP contribution in [0.5, 0.6) is 11.5 Å². The van der Waals surface area contributed by atoms with Crippen LogP contribution in [0.15, 0.2) is 53.4 Å². The molecule has 0 aromatic heterocycles. The predicted molar refractivity (Wildman–Crippen MR) is 169 cm³/mol. The second-order valence-corrected chi connectivity index (χ2v) is 13.7. The first-order chi connectivity index (χ1) is 20.2. The summed E-state index contributed by atoms with van der Waals surface area (Å²) in [6, 6.07) is 13.4. The maximum absolute atomic E-state index is 13.8. The molecule has 2 aromatic carbocycles. The molecule has 11 heteroatoms. The largest absolute Gasteiger partial charge is 0.457 e. The number of primary sulfonamides is 1. The van der Waals surface area contributed by atoms with Crippen molar-refractivity contribution in [1.82, 2.24) is 15.1 Å². The fraction of sp³-hybridized carbons (Fsp3) is 0.562. The van der Waals surface area contributed by atoms with Gasteiger partial charge in [-0.15, -0.1) is 12.4 Å². The lowest BCUT2D eigenvalue weighted by molar-refractivity contribution is -0.162. The summed E-state index contributed by atoms with van der Waals surface area (Å²) in [5, 5.41) is 8.34. The van der Waals surface area contributed by atoms with E-state index in [1.807, 2.05) is 29.2 Å². The molecule has 1 atom stereocenters. The summed E-state index contributed by atoms with van der Waals surface area (Å²) in [6.45, 7) is 5.00. The van der Waals surface area contributed by atoms with E-state index in [2.05, 4.69) is 17.1 Å². The standard InChI is InChI=1S/C32H44N4O5S.ClH/c1-2-3-19-36-30(37)29(22-24-7-5-4-6-8-24)34-31(38)32(36)17-20-35(21-18-32)23-25-9-11-26(12-10-25)41-27-13-15-28(16-14-27)42(33,39)40;/h9-16,24,29H,2-8,17-23H2,1H3,(H,34,38)(H2,33,39,40);1H/t29-;/m0./s1. The van der Waals surface area contributed by atoms with Crippen LogP contribution < -0.4 is 15.2 Å². The van der Waals surface area contributed by atoms with Crippen LogP contribution >= 0.6 is 12.4 Å². The summed E-state index contributed by atoms with van der Waals surface area (Å²) in [5.74, 6) is 1.86. The maximum Gasteiger partial charge on any atom is 0.246 e. The van der Waals surface area contributed by atoms with Crippen LogP contribution in [-0.4, -0.2) is 61.2 Å².